The van der Waals surface area contributed by atoms with Crippen molar-refractivity contribution in [1.29, 1.82) is 0 Å². The monoisotopic (exact) mass is 270 g/mol. The van der Waals surface area contributed by atoms with E-state index in [1.54, 1.807) is 6.92 Å². The van der Waals surface area contributed by atoms with Gasteiger partial charge < -0.3 is 9.84 Å². The normalized spacial score (nSPS) is 50.2. The summed E-state index contributed by atoms with van der Waals surface area (Å²) in [6.07, 6.45) is 1.38. The highest BCUT2D eigenvalue weighted by Crippen LogP contribution is 2.54. The molecule has 3 heterocycles. The number of hydrogen-bond donors (Lipinski definition) is 1. The smallest absolute Gasteiger partial charge is 0.201 e. The molecule has 5 nitrogen and oxygen atoms in total. The van der Waals surface area contributed by atoms with Crippen LogP contribution < -0.4 is 0 Å². The van der Waals surface area contributed by atoms with Crippen LogP contribution in [0.2, 0.25) is 0 Å². The minimum absolute atomic E-state index is 0.0628. The Balaban J connectivity index is 2.06. The quantitative estimate of drug-likeness (QED) is 0.736. The second-order valence-electron chi connectivity index (χ2n) is 6.57. The molecule has 1 saturated carbocycles. The maximum atomic E-state index is 12.3. The molecule has 4 fully saturated rings. The molecular weight excluding hydrogens is 248 g/mol. The molecule has 1 aliphatic carbocycles. The fourth-order valence-corrected chi connectivity index (χ4v) is 3.98. The summed E-state index contributed by atoms with van der Waals surface area (Å²) in [5.74, 6) is -0.751. The molecule has 4 aliphatic rings. The Bertz CT molecular complexity index is 395. The van der Waals surface area contributed by atoms with Gasteiger partial charge in [-0.3, -0.25) is 4.79 Å². The standard InChI is InChI=1S/C14H22O5/c1-8(2)9-4-5-11(15)10-6-7-13(3)17-12(16)14(9,10)19-18-13/h8-10,12,16H,4-7H2,1-3H3. The second kappa shape index (κ2) is 4.25. The first-order valence-electron chi connectivity index (χ1n) is 7.14. The average Bonchev–Trinajstić information content (AvgIpc) is 2.54. The number of ketones is 1. The largest absolute Gasteiger partial charge is 0.365 e. The Morgan fingerprint density at radius 1 is 1.32 bits per heavy atom. The van der Waals surface area contributed by atoms with Gasteiger partial charge in [0.2, 0.25) is 5.79 Å². The molecule has 5 unspecified atom stereocenters. The van der Waals surface area contributed by atoms with Gasteiger partial charge >= 0.3 is 0 Å². The van der Waals surface area contributed by atoms with Crippen LogP contribution in [0, 0.1) is 17.8 Å². The Hall–Kier alpha value is -0.490. The van der Waals surface area contributed by atoms with Crippen molar-refractivity contribution in [2.45, 2.75) is 64.1 Å². The highest BCUT2D eigenvalue weighted by atomic mass is 17.3. The molecule has 4 rings (SSSR count). The maximum Gasteiger partial charge on any atom is 0.201 e. The molecule has 0 amide bonds. The van der Waals surface area contributed by atoms with E-state index in [-0.39, 0.29) is 17.6 Å². The highest BCUT2D eigenvalue weighted by Gasteiger charge is 2.65. The molecule has 5 atom stereocenters. The molecule has 3 saturated heterocycles. The molecule has 0 aromatic rings. The molecule has 108 valence electrons. The Morgan fingerprint density at radius 3 is 2.68 bits per heavy atom. The lowest BCUT2D eigenvalue weighted by Gasteiger charge is -2.52. The number of hydrogen-bond acceptors (Lipinski definition) is 5. The lowest BCUT2D eigenvalue weighted by Crippen LogP contribution is -2.65. The zero-order valence-corrected chi connectivity index (χ0v) is 11.7. The number of carbonyl (C=O) groups is 1. The van der Waals surface area contributed by atoms with Gasteiger partial charge in [-0.1, -0.05) is 13.8 Å². The average molecular weight is 270 g/mol. The van der Waals surface area contributed by atoms with E-state index >= 15 is 0 Å². The summed E-state index contributed by atoms with van der Waals surface area (Å²) in [5, 5.41) is 10.5. The number of Topliss-reactive ketones (excluding diaryl/α,β-unsaturated/α-hetero) is 1. The molecule has 0 aromatic heterocycles. The predicted octanol–water partition coefficient (Wildman–Crippen LogP) is 1.78. The summed E-state index contributed by atoms with van der Waals surface area (Å²) in [4.78, 5) is 23.4. The third kappa shape index (κ3) is 1.79. The lowest BCUT2D eigenvalue weighted by molar-refractivity contribution is -0.551. The zero-order valence-electron chi connectivity index (χ0n) is 11.7. The molecule has 1 N–H and O–H groups in total. The van der Waals surface area contributed by atoms with Crippen molar-refractivity contribution in [2.75, 3.05) is 0 Å². The highest BCUT2D eigenvalue weighted by molar-refractivity contribution is 5.83. The summed E-state index contributed by atoms with van der Waals surface area (Å²) in [7, 11) is 0. The van der Waals surface area contributed by atoms with Crippen LogP contribution in [0.4, 0.5) is 0 Å². The Morgan fingerprint density at radius 2 is 2.05 bits per heavy atom. The summed E-state index contributed by atoms with van der Waals surface area (Å²) >= 11 is 0. The van der Waals surface area contributed by atoms with E-state index in [1.807, 2.05) is 0 Å². The van der Waals surface area contributed by atoms with E-state index in [1.165, 1.54) is 0 Å². The summed E-state index contributed by atoms with van der Waals surface area (Å²) in [6.45, 7) is 5.91. The van der Waals surface area contributed by atoms with Crippen molar-refractivity contribution in [1.82, 2.24) is 0 Å². The number of aliphatic hydroxyl groups is 1. The third-order valence-electron chi connectivity index (χ3n) is 5.02. The van der Waals surface area contributed by atoms with Crippen LogP contribution in [0.25, 0.3) is 0 Å². The second-order valence-corrected chi connectivity index (χ2v) is 6.57. The fourth-order valence-electron chi connectivity index (χ4n) is 3.98. The number of rotatable bonds is 1. The summed E-state index contributed by atoms with van der Waals surface area (Å²) in [6, 6.07) is 0. The van der Waals surface area contributed by atoms with E-state index in [0.717, 1.165) is 0 Å². The predicted molar refractivity (Wildman–Crippen MR) is 65.7 cm³/mol. The van der Waals surface area contributed by atoms with Crippen molar-refractivity contribution >= 4 is 5.78 Å². The van der Waals surface area contributed by atoms with Crippen molar-refractivity contribution in [3.63, 3.8) is 0 Å². The van der Waals surface area contributed by atoms with Gasteiger partial charge in [-0.2, -0.15) is 0 Å². The van der Waals surface area contributed by atoms with E-state index < -0.39 is 17.7 Å². The first kappa shape index (κ1) is 13.5. The van der Waals surface area contributed by atoms with Crippen LogP contribution in [-0.2, 0) is 19.3 Å². The van der Waals surface area contributed by atoms with Gasteiger partial charge in [0, 0.05) is 12.8 Å². The first-order chi connectivity index (χ1) is 8.89. The van der Waals surface area contributed by atoms with E-state index in [4.69, 9.17) is 14.5 Å². The third-order valence-corrected chi connectivity index (χ3v) is 5.02. The van der Waals surface area contributed by atoms with Crippen molar-refractivity contribution in [2.24, 2.45) is 17.8 Å². The molecule has 19 heavy (non-hydrogen) atoms. The van der Waals surface area contributed by atoms with Crippen LogP contribution in [0.3, 0.4) is 0 Å². The van der Waals surface area contributed by atoms with E-state index in [2.05, 4.69) is 13.8 Å². The van der Waals surface area contributed by atoms with Gasteiger partial charge in [-0.25, -0.2) is 9.78 Å². The number of ether oxygens (including phenoxy) is 1. The van der Waals surface area contributed by atoms with Gasteiger partial charge in [0.05, 0.1) is 5.92 Å². The van der Waals surface area contributed by atoms with E-state index in [0.29, 0.717) is 31.6 Å². The van der Waals surface area contributed by atoms with E-state index in [9.17, 15) is 9.90 Å². The van der Waals surface area contributed by atoms with Crippen LogP contribution in [-0.4, -0.2) is 28.6 Å². The SMILES string of the molecule is CC(C)C1CCC(=O)C2CCC3(C)OOC21C(O)O3. The maximum absolute atomic E-state index is 12.3. The van der Waals surface area contributed by atoms with Crippen molar-refractivity contribution in [3.8, 4) is 0 Å². The van der Waals surface area contributed by atoms with Gasteiger partial charge in [-0.15, -0.1) is 0 Å². The molecule has 5 heteroatoms. The lowest BCUT2D eigenvalue weighted by atomic mass is 9.62. The van der Waals surface area contributed by atoms with Crippen LogP contribution in [0.15, 0.2) is 0 Å². The molecule has 0 radical (unpaired) electrons. The van der Waals surface area contributed by atoms with Crippen LogP contribution in [0.1, 0.15) is 46.5 Å². The van der Waals surface area contributed by atoms with Crippen LogP contribution >= 0.6 is 0 Å². The summed E-state index contributed by atoms with van der Waals surface area (Å²) in [5.41, 5.74) is -1.03. The number of aliphatic hydroxyl groups excluding tert-OH is 1. The zero-order chi connectivity index (χ0) is 13.8. The minimum atomic E-state index is -1.10. The molecular formula is C14H22O5. The summed E-state index contributed by atoms with van der Waals surface area (Å²) < 4.78 is 5.64. The molecule has 0 aromatic carbocycles. The first-order valence-corrected chi connectivity index (χ1v) is 7.14. The van der Waals surface area contributed by atoms with Gasteiger partial charge in [0.15, 0.2) is 11.9 Å². The van der Waals surface area contributed by atoms with Crippen LogP contribution in [0.5, 0.6) is 0 Å². The Labute approximate surface area is 113 Å². The number of carbonyl (C=O) groups excluding carboxylic acids is 1. The van der Waals surface area contributed by atoms with Gasteiger partial charge in [-0.05, 0) is 31.6 Å². The fraction of sp³-hybridized carbons (Fsp3) is 0.929. The molecule has 3 aliphatic heterocycles. The topological polar surface area (TPSA) is 65.0 Å². The number of fused-ring (bicyclic) bond motifs is 3. The van der Waals surface area contributed by atoms with Crippen molar-refractivity contribution < 1.29 is 24.4 Å². The molecule has 2 bridgehead atoms. The molecule has 1 spiro atoms. The van der Waals surface area contributed by atoms with Crippen molar-refractivity contribution in [3.05, 3.63) is 0 Å². The van der Waals surface area contributed by atoms with Gasteiger partial charge in [0.1, 0.15) is 5.78 Å². The Kier molecular flexibility index (Phi) is 3.02. The van der Waals surface area contributed by atoms with Gasteiger partial charge in [0.25, 0.3) is 0 Å². The minimum Gasteiger partial charge on any atom is -0.365 e.